The molecule has 0 unspecified atom stereocenters. The summed E-state index contributed by atoms with van der Waals surface area (Å²) in [5, 5.41) is 3.10. The summed E-state index contributed by atoms with van der Waals surface area (Å²) < 4.78 is 14.3. The fourth-order valence-electron chi connectivity index (χ4n) is 2.03. The molecule has 0 bridgehead atoms. The van der Waals surface area contributed by atoms with Crippen LogP contribution < -0.4 is 10.9 Å². The minimum Gasteiger partial charge on any atom is -0.354 e. The van der Waals surface area contributed by atoms with Gasteiger partial charge in [-0.2, -0.15) is 0 Å². The van der Waals surface area contributed by atoms with Gasteiger partial charge in [-0.25, -0.2) is 9.37 Å². The topological polar surface area (TPSA) is 64.0 Å². The Morgan fingerprint density at radius 1 is 1.45 bits per heavy atom. The SMILES string of the molecule is O=C(Cn1cnc2cc(F)ccc2c1=O)NCC1CC1. The predicted octanol–water partition coefficient (Wildman–Crippen LogP) is 1.06. The number of rotatable bonds is 4. The number of nitrogens with zero attached hydrogens (tertiary/aromatic N) is 2. The van der Waals surface area contributed by atoms with E-state index in [1.165, 1.54) is 29.1 Å². The van der Waals surface area contributed by atoms with Crippen molar-refractivity contribution >= 4 is 16.8 Å². The fourth-order valence-corrected chi connectivity index (χ4v) is 2.03. The molecule has 1 aromatic heterocycles. The fraction of sp³-hybridized carbons (Fsp3) is 0.357. The third-order valence-electron chi connectivity index (χ3n) is 3.39. The summed E-state index contributed by atoms with van der Waals surface area (Å²) >= 11 is 0. The van der Waals surface area contributed by atoms with Crippen molar-refractivity contribution < 1.29 is 9.18 Å². The van der Waals surface area contributed by atoms with Gasteiger partial charge >= 0.3 is 0 Å². The number of fused-ring (bicyclic) bond motifs is 1. The van der Waals surface area contributed by atoms with Crippen LogP contribution in [0.5, 0.6) is 0 Å². The van der Waals surface area contributed by atoms with Crippen LogP contribution in [0.1, 0.15) is 12.8 Å². The highest BCUT2D eigenvalue weighted by molar-refractivity contribution is 5.78. The molecule has 0 spiro atoms. The van der Waals surface area contributed by atoms with E-state index in [-0.39, 0.29) is 18.0 Å². The van der Waals surface area contributed by atoms with Gasteiger partial charge in [0, 0.05) is 12.6 Å². The molecule has 20 heavy (non-hydrogen) atoms. The first kappa shape index (κ1) is 12.8. The molecule has 1 aliphatic carbocycles. The Bertz CT molecular complexity index is 722. The van der Waals surface area contributed by atoms with Crippen LogP contribution in [0.15, 0.2) is 29.3 Å². The van der Waals surface area contributed by atoms with Crippen molar-refractivity contribution in [2.45, 2.75) is 19.4 Å². The average Bonchev–Trinajstić information content (AvgIpc) is 3.24. The normalized spacial score (nSPS) is 14.4. The molecule has 1 aliphatic rings. The maximum absolute atomic E-state index is 13.0. The van der Waals surface area contributed by atoms with E-state index in [9.17, 15) is 14.0 Å². The first-order valence-corrected chi connectivity index (χ1v) is 6.55. The number of carbonyl (C=O) groups excluding carboxylic acids is 1. The Morgan fingerprint density at radius 3 is 3.00 bits per heavy atom. The van der Waals surface area contributed by atoms with Gasteiger partial charge in [0.15, 0.2) is 0 Å². The van der Waals surface area contributed by atoms with Gasteiger partial charge in [-0.3, -0.25) is 14.2 Å². The van der Waals surface area contributed by atoms with Crippen molar-refractivity contribution in [3.63, 3.8) is 0 Å². The van der Waals surface area contributed by atoms with Gasteiger partial charge in [0.1, 0.15) is 12.4 Å². The molecule has 104 valence electrons. The summed E-state index contributed by atoms with van der Waals surface area (Å²) in [7, 11) is 0. The van der Waals surface area contributed by atoms with Gasteiger partial charge in [0.25, 0.3) is 5.56 Å². The minimum atomic E-state index is -0.440. The molecule has 1 amide bonds. The van der Waals surface area contributed by atoms with E-state index in [2.05, 4.69) is 10.3 Å². The highest BCUT2D eigenvalue weighted by atomic mass is 19.1. The molecule has 1 fully saturated rings. The number of carbonyl (C=O) groups is 1. The number of halogens is 1. The maximum atomic E-state index is 13.0. The van der Waals surface area contributed by atoms with Gasteiger partial charge < -0.3 is 5.32 Å². The van der Waals surface area contributed by atoms with Crippen LogP contribution in [0.4, 0.5) is 4.39 Å². The molecule has 0 radical (unpaired) electrons. The molecule has 1 saturated carbocycles. The molecular formula is C14H14FN3O2. The summed E-state index contributed by atoms with van der Waals surface area (Å²) in [4.78, 5) is 27.9. The number of aromatic nitrogens is 2. The molecule has 3 rings (SSSR count). The van der Waals surface area contributed by atoms with Gasteiger partial charge in [-0.1, -0.05) is 0 Å². The number of benzene rings is 1. The zero-order chi connectivity index (χ0) is 14.1. The molecule has 0 atom stereocenters. The van der Waals surface area contributed by atoms with Gasteiger partial charge in [0.05, 0.1) is 17.2 Å². The number of amides is 1. The molecule has 1 N–H and O–H groups in total. The van der Waals surface area contributed by atoms with Gasteiger partial charge in [-0.05, 0) is 30.9 Å². The summed E-state index contributed by atoms with van der Waals surface area (Å²) in [5.74, 6) is -0.0556. The number of hydrogen-bond acceptors (Lipinski definition) is 3. The maximum Gasteiger partial charge on any atom is 0.261 e. The lowest BCUT2D eigenvalue weighted by Gasteiger charge is -2.07. The first-order chi connectivity index (χ1) is 9.63. The molecule has 0 aliphatic heterocycles. The third-order valence-corrected chi connectivity index (χ3v) is 3.39. The monoisotopic (exact) mass is 275 g/mol. The van der Waals surface area contributed by atoms with Crippen molar-refractivity contribution in [1.29, 1.82) is 0 Å². The Hall–Kier alpha value is -2.24. The molecule has 1 aromatic carbocycles. The van der Waals surface area contributed by atoms with Crippen LogP contribution in [0.3, 0.4) is 0 Å². The van der Waals surface area contributed by atoms with E-state index in [4.69, 9.17) is 0 Å². The molecule has 1 heterocycles. The summed E-state index contributed by atoms with van der Waals surface area (Å²) in [5.41, 5.74) is -0.0405. The predicted molar refractivity (Wildman–Crippen MR) is 71.7 cm³/mol. The Balaban J connectivity index is 1.80. The van der Waals surface area contributed by atoms with E-state index in [0.717, 1.165) is 12.8 Å². The summed E-state index contributed by atoms with van der Waals surface area (Å²) in [6, 6.07) is 3.80. The van der Waals surface area contributed by atoms with Crippen LogP contribution in [0.2, 0.25) is 0 Å². The second-order valence-corrected chi connectivity index (χ2v) is 5.09. The standard InChI is InChI=1S/C14H14FN3O2/c15-10-3-4-11-12(5-10)17-8-18(14(11)20)7-13(19)16-6-9-1-2-9/h3-5,8-9H,1-2,6-7H2,(H,16,19). The lowest BCUT2D eigenvalue weighted by atomic mass is 10.2. The molecule has 2 aromatic rings. The second-order valence-electron chi connectivity index (χ2n) is 5.09. The third kappa shape index (κ3) is 2.68. The first-order valence-electron chi connectivity index (χ1n) is 6.55. The van der Waals surface area contributed by atoms with Crippen LogP contribution in [-0.4, -0.2) is 22.0 Å². The van der Waals surface area contributed by atoms with E-state index < -0.39 is 5.82 Å². The van der Waals surface area contributed by atoms with Crippen LogP contribution in [-0.2, 0) is 11.3 Å². The Kier molecular flexibility index (Phi) is 3.22. The molecule has 6 heteroatoms. The molecular weight excluding hydrogens is 261 g/mol. The van der Waals surface area contributed by atoms with Crippen molar-refractivity contribution in [3.8, 4) is 0 Å². The average molecular weight is 275 g/mol. The van der Waals surface area contributed by atoms with Crippen molar-refractivity contribution in [1.82, 2.24) is 14.9 Å². The number of nitrogens with one attached hydrogen (secondary N) is 1. The zero-order valence-electron chi connectivity index (χ0n) is 10.8. The van der Waals surface area contributed by atoms with E-state index in [0.29, 0.717) is 23.4 Å². The van der Waals surface area contributed by atoms with Crippen molar-refractivity contribution in [3.05, 3.63) is 40.7 Å². The number of hydrogen-bond donors (Lipinski definition) is 1. The summed E-state index contributed by atoms with van der Waals surface area (Å²) in [6.45, 7) is 0.603. The lowest BCUT2D eigenvalue weighted by Crippen LogP contribution is -2.33. The highest BCUT2D eigenvalue weighted by Crippen LogP contribution is 2.27. The largest absolute Gasteiger partial charge is 0.354 e. The quantitative estimate of drug-likeness (QED) is 0.907. The van der Waals surface area contributed by atoms with E-state index in [1.807, 2.05) is 0 Å². The van der Waals surface area contributed by atoms with Gasteiger partial charge in [0.2, 0.25) is 5.91 Å². The van der Waals surface area contributed by atoms with E-state index >= 15 is 0 Å². The lowest BCUT2D eigenvalue weighted by molar-refractivity contribution is -0.121. The molecule has 0 saturated heterocycles. The highest BCUT2D eigenvalue weighted by Gasteiger charge is 2.21. The summed E-state index contributed by atoms with van der Waals surface area (Å²) in [6.07, 6.45) is 3.59. The van der Waals surface area contributed by atoms with Crippen molar-refractivity contribution in [2.75, 3.05) is 6.54 Å². The minimum absolute atomic E-state index is 0.0636. The van der Waals surface area contributed by atoms with Crippen LogP contribution in [0.25, 0.3) is 10.9 Å². The Labute approximate surface area is 114 Å². The van der Waals surface area contributed by atoms with Crippen molar-refractivity contribution in [2.24, 2.45) is 5.92 Å². The molecule has 5 nitrogen and oxygen atoms in total. The van der Waals surface area contributed by atoms with Crippen LogP contribution in [0, 0.1) is 11.7 Å². The van der Waals surface area contributed by atoms with Crippen LogP contribution >= 0.6 is 0 Å². The Morgan fingerprint density at radius 2 is 2.25 bits per heavy atom. The smallest absolute Gasteiger partial charge is 0.261 e. The second kappa shape index (κ2) is 5.03. The van der Waals surface area contributed by atoms with Gasteiger partial charge in [-0.15, -0.1) is 0 Å². The van der Waals surface area contributed by atoms with E-state index in [1.54, 1.807) is 0 Å². The zero-order valence-corrected chi connectivity index (χ0v) is 10.8.